The van der Waals surface area contributed by atoms with Gasteiger partial charge in [-0.05, 0) is 44.8 Å². The molecular weight excluding hydrogens is 224 g/mol. The van der Waals surface area contributed by atoms with E-state index >= 15 is 0 Å². The van der Waals surface area contributed by atoms with Gasteiger partial charge in [0.05, 0.1) is 13.2 Å². The van der Waals surface area contributed by atoms with Crippen molar-refractivity contribution in [2.75, 3.05) is 0 Å². The molecule has 0 unspecified atom stereocenters. The highest BCUT2D eigenvalue weighted by Crippen LogP contribution is 2.27. The zero-order valence-electron chi connectivity index (χ0n) is 9.93. The smallest absolute Gasteiger partial charge is 0.0691 e. The van der Waals surface area contributed by atoms with Crippen LogP contribution in [0.1, 0.15) is 11.1 Å². The highest BCUT2D eigenvalue weighted by Gasteiger charge is 2.07. The maximum Gasteiger partial charge on any atom is 0.0691 e. The average molecular weight is 238 g/mol. The molecule has 0 aromatic heterocycles. The number of fused-ring (bicyclic) bond motifs is 2. The molecule has 0 saturated carbocycles. The Hall–Kier alpha value is -1.90. The third-order valence-corrected chi connectivity index (χ3v) is 3.42. The van der Waals surface area contributed by atoms with Crippen molar-refractivity contribution in [2.45, 2.75) is 13.2 Å². The number of rotatable bonds is 2. The summed E-state index contributed by atoms with van der Waals surface area (Å²) in [6.07, 6.45) is 0. The Bertz CT molecular complexity index is 717. The lowest BCUT2D eigenvalue weighted by Gasteiger charge is -2.10. The molecule has 3 aromatic carbocycles. The predicted molar refractivity (Wildman–Crippen MR) is 73.3 cm³/mol. The lowest BCUT2D eigenvalue weighted by atomic mass is 9.96. The first-order valence-electron chi connectivity index (χ1n) is 5.98. The zero-order valence-corrected chi connectivity index (χ0v) is 9.93. The van der Waals surface area contributed by atoms with Crippen LogP contribution in [-0.4, -0.2) is 10.2 Å². The van der Waals surface area contributed by atoms with Crippen molar-refractivity contribution < 1.29 is 10.2 Å². The van der Waals surface area contributed by atoms with Crippen LogP contribution in [0.5, 0.6) is 0 Å². The van der Waals surface area contributed by atoms with Gasteiger partial charge in [0.15, 0.2) is 0 Å². The standard InChI is InChI=1S/C16H14O2/c17-9-14-6-5-13-7-11-3-1-2-4-12(11)8-15(13)16(14)10-18/h1-8,17-18H,9-10H2. The van der Waals surface area contributed by atoms with Crippen LogP contribution in [0, 0.1) is 0 Å². The average Bonchev–Trinajstić information content (AvgIpc) is 2.43. The summed E-state index contributed by atoms with van der Waals surface area (Å²) in [6.45, 7) is -0.0930. The van der Waals surface area contributed by atoms with Gasteiger partial charge < -0.3 is 10.2 Å². The van der Waals surface area contributed by atoms with Crippen LogP contribution in [0.4, 0.5) is 0 Å². The third kappa shape index (κ3) is 1.67. The molecule has 0 amide bonds. The molecule has 0 bridgehead atoms. The van der Waals surface area contributed by atoms with E-state index < -0.39 is 0 Å². The van der Waals surface area contributed by atoms with E-state index in [1.807, 2.05) is 24.3 Å². The van der Waals surface area contributed by atoms with Gasteiger partial charge in [0.25, 0.3) is 0 Å². The molecule has 2 heteroatoms. The van der Waals surface area contributed by atoms with E-state index in [2.05, 4.69) is 24.3 Å². The van der Waals surface area contributed by atoms with Crippen LogP contribution in [0.25, 0.3) is 21.5 Å². The lowest BCUT2D eigenvalue weighted by molar-refractivity contribution is 0.261. The monoisotopic (exact) mass is 238 g/mol. The normalized spacial score (nSPS) is 11.2. The second-order valence-corrected chi connectivity index (χ2v) is 4.44. The van der Waals surface area contributed by atoms with E-state index in [1.165, 1.54) is 5.39 Å². The Labute approximate surface area is 105 Å². The fourth-order valence-electron chi connectivity index (χ4n) is 2.46. The summed E-state index contributed by atoms with van der Waals surface area (Å²) in [4.78, 5) is 0. The lowest BCUT2D eigenvalue weighted by Crippen LogP contribution is -1.95. The maximum absolute atomic E-state index is 9.51. The van der Waals surface area contributed by atoms with Gasteiger partial charge in [-0.2, -0.15) is 0 Å². The van der Waals surface area contributed by atoms with Crippen molar-refractivity contribution in [1.29, 1.82) is 0 Å². The molecule has 3 aromatic rings. The molecule has 90 valence electrons. The van der Waals surface area contributed by atoms with Gasteiger partial charge in [-0.25, -0.2) is 0 Å². The number of hydrogen-bond donors (Lipinski definition) is 2. The minimum Gasteiger partial charge on any atom is -0.392 e. The van der Waals surface area contributed by atoms with Crippen molar-refractivity contribution in [1.82, 2.24) is 0 Å². The van der Waals surface area contributed by atoms with Gasteiger partial charge in [0.1, 0.15) is 0 Å². The Morgan fingerprint density at radius 3 is 2.11 bits per heavy atom. The van der Waals surface area contributed by atoms with Crippen LogP contribution >= 0.6 is 0 Å². The van der Waals surface area contributed by atoms with E-state index in [4.69, 9.17) is 0 Å². The van der Waals surface area contributed by atoms with Gasteiger partial charge in [0, 0.05) is 0 Å². The van der Waals surface area contributed by atoms with Gasteiger partial charge >= 0.3 is 0 Å². The Morgan fingerprint density at radius 2 is 1.44 bits per heavy atom. The fourth-order valence-corrected chi connectivity index (χ4v) is 2.46. The van der Waals surface area contributed by atoms with E-state index in [1.54, 1.807) is 0 Å². The quantitative estimate of drug-likeness (QED) is 0.674. The number of benzene rings is 3. The van der Waals surface area contributed by atoms with Crippen LogP contribution < -0.4 is 0 Å². The van der Waals surface area contributed by atoms with Crippen LogP contribution in [0.2, 0.25) is 0 Å². The van der Waals surface area contributed by atoms with E-state index in [0.29, 0.717) is 0 Å². The van der Waals surface area contributed by atoms with Crippen LogP contribution in [0.15, 0.2) is 48.5 Å². The maximum atomic E-state index is 9.51. The fraction of sp³-hybridized carbons (Fsp3) is 0.125. The molecule has 0 radical (unpaired) electrons. The van der Waals surface area contributed by atoms with Gasteiger partial charge in [-0.3, -0.25) is 0 Å². The summed E-state index contributed by atoms with van der Waals surface area (Å²) in [7, 11) is 0. The number of aliphatic hydroxyl groups is 2. The summed E-state index contributed by atoms with van der Waals surface area (Å²) in [5, 5.41) is 23.3. The zero-order chi connectivity index (χ0) is 12.5. The first-order chi connectivity index (χ1) is 8.83. The predicted octanol–water partition coefficient (Wildman–Crippen LogP) is 2.98. The van der Waals surface area contributed by atoms with Gasteiger partial charge in [0.2, 0.25) is 0 Å². The molecule has 0 aliphatic rings. The second-order valence-electron chi connectivity index (χ2n) is 4.44. The summed E-state index contributed by atoms with van der Waals surface area (Å²) in [6, 6.07) is 16.2. The Balaban J connectivity index is 2.42. The van der Waals surface area contributed by atoms with E-state index in [0.717, 1.165) is 27.3 Å². The molecule has 0 spiro atoms. The Kier molecular flexibility index (Phi) is 2.74. The SMILES string of the molecule is OCc1ccc2cc3ccccc3cc2c1CO. The molecule has 0 saturated heterocycles. The summed E-state index contributed by atoms with van der Waals surface area (Å²) in [5.41, 5.74) is 1.61. The Morgan fingerprint density at radius 1 is 0.722 bits per heavy atom. The molecule has 2 N–H and O–H groups in total. The summed E-state index contributed by atoms with van der Waals surface area (Å²) >= 11 is 0. The van der Waals surface area contributed by atoms with Crippen molar-refractivity contribution in [3.8, 4) is 0 Å². The largest absolute Gasteiger partial charge is 0.392 e. The summed E-state index contributed by atoms with van der Waals surface area (Å²) in [5.74, 6) is 0. The third-order valence-electron chi connectivity index (χ3n) is 3.42. The van der Waals surface area contributed by atoms with Crippen molar-refractivity contribution in [3.63, 3.8) is 0 Å². The highest BCUT2D eigenvalue weighted by atomic mass is 16.3. The molecule has 3 rings (SSSR count). The molecular formula is C16H14O2. The van der Waals surface area contributed by atoms with Crippen molar-refractivity contribution in [2.24, 2.45) is 0 Å². The van der Waals surface area contributed by atoms with E-state index in [9.17, 15) is 10.2 Å². The van der Waals surface area contributed by atoms with Crippen molar-refractivity contribution in [3.05, 3.63) is 59.7 Å². The molecule has 18 heavy (non-hydrogen) atoms. The highest BCUT2D eigenvalue weighted by molar-refractivity contribution is 5.99. The molecule has 2 nitrogen and oxygen atoms in total. The van der Waals surface area contributed by atoms with Crippen molar-refractivity contribution >= 4 is 21.5 Å². The van der Waals surface area contributed by atoms with Crippen LogP contribution in [0.3, 0.4) is 0 Å². The molecule has 0 fully saturated rings. The molecule has 0 heterocycles. The minimum atomic E-state index is -0.0500. The van der Waals surface area contributed by atoms with Crippen LogP contribution in [-0.2, 0) is 13.2 Å². The van der Waals surface area contributed by atoms with Gasteiger partial charge in [-0.1, -0.05) is 36.4 Å². The number of hydrogen-bond acceptors (Lipinski definition) is 2. The second kappa shape index (κ2) is 4.41. The number of aliphatic hydroxyl groups excluding tert-OH is 2. The van der Waals surface area contributed by atoms with E-state index in [-0.39, 0.29) is 13.2 Å². The molecule has 0 aliphatic heterocycles. The molecule has 0 atom stereocenters. The first-order valence-corrected chi connectivity index (χ1v) is 5.98. The first kappa shape index (κ1) is 11.2. The summed E-state index contributed by atoms with van der Waals surface area (Å²) < 4.78 is 0. The van der Waals surface area contributed by atoms with Gasteiger partial charge in [-0.15, -0.1) is 0 Å². The topological polar surface area (TPSA) is 40.5 Å². The minimum absolute atomic E-state index is 0.0430. The molecule has 0 aliphatic carbocycles.